The van der Waals surface area contributed by atoms with Gasteiger partial charge in [-0.25, -0.2) is 0 Å². The van der Waals surface area contributed by atoms with Gasteiger partial charge in [-0.1, -0.05) is 42.0 Å². The second-order valence-corrected chi connectivity index (χ2v) is 6.43. The quantitative estimate of drug-likeness (QED) is 0.563. The van der Waals surface area contributed by atoms with Gasteiger partial charge in [-0.05, 0) is 36.8 Å². The average Bonchev–Trinajstić information content (AvgIpc) is 3.24. The van der Waals surface area contributed by atoms with Crippen LogP contribution in [0, 0.1) is 6.92 Å². The lowest BCUT2D eigenvalue weighted by atomic mass is 10.1. The predicted molar refractivity (Wildman–Crippen MR) is 108 cm³/mol. The number of nitrogens with one attached hydrogen (secondary N) is 3. The van der Waals surface area contributed by atoms with Gasteiger partial charge in [0.2, 0.25) is 0 Å². The molecule has 3 aromatic rings. The van der Waals surface area contributed by atoms with Crippen molar-refractivity contribution >= 4 is 23.4 Å². The molecule has 0 saturated heterocycles. The zero-order valence-corrected chi connectivity index (χ0v) is 15.9. The van der Waals surface area contributed by atoms with Gasteiger partial charge in [-0.15, -0.1) is 0 Å². The van der Waals surface area contributed by atoms with Gasteiger partial charge in [0.1, 0.15) is 5.76 Å². The van der Waals surface area contributed by atoms with Crippen LogP contribution in [-0.4, -0.2) is 17.7 Å². The van der Waals surface area contributed by atoms with Gasteiger partial charge >= 0.3 is 11.8 Å². The van der Waals surface area contributed by atoms with E-state index in [1.165, 1.54) is 6.26 Å². The summed E-state index contributed by atoms with van der Waals surface area (Å²) in [6.07, 6.45) is 1.52. The minimum atomic E-state index is -0.844. The number of hydrogen-bond acceptors (Lipinski definition) is 4. The van der Waals surface area contributed by atoms with Crippen LogP contribution in [0.1, 0.15) is 27.2 Å². The van der Waals surface area contributed by atoms with Crippen molar-refractivity contribution in [3.63, 3.8) is 0 Å². The van der Waals surface area contributed by atoms with Crippen LogP contribution in [0.4, 0.5) is 5.69 Å². The van der Waals surface area contributed by atoms with E-state index in [9.17, 15) is 14.4 Å². The maximum absolute atomic E-state index is 12.5. The zero-order chi connectivity index (χ0) is 20.6. The molecular weight excluding hydrogens is 370 g/mol. The Labute approximate surface area is 168 Å². The van der Waals surface area contributed by atoms with Crippen LogP contribution in [0.2, 0.25) is 0 Å². The maximum atomic E-state index is 12.5. The second kappa shape index (κ2) is 9.36. The number of aryl methyl sites for hydroxylation is 1. The molecule has 0 radical (unpaired) electrons. The summed E-state index contributed by atoms with van der Waals surface area (Å²) in [4.78, 5) is 36.8. The number of hydrogen-bond donors (Lipinski definition) is 3. The van der Waals surface area contributed by atoms with Crippen LogP contribution in [0.5, 0.6) is 0 Å². The van der Waals surface area contributed by atoms with Crippen molar-refractivity contribution in [2.75, 3.05) is 5.32 Å². The molecule has 7 nitrogen and oxygen atoms in total. The zero-order valence-electron chi connectivity index (χ0n) is 15.9. The molecule has 0 aliphatic rings. The number of para-hydroxylation sites is 1. The van der Waals surface area contributed by atoms with Gasteiger partial charge in [0, 0.05) is 6.54 Å². The Bertz CT molecular complexity index is 1010. The monoisotopic (exact) mass is 391 g/mol. The summed E-state index contributed by atoms with van der Waals surface area (Å²) >= 11 is 0. The summed E-state index contributed by atoms with van der Waals surface area (Å²) in [5, 5.41) is 7.78. The fraction of sp³-hybridized carbons (Fsp3) is 0.136. The number of furan rings is 1. The molecule has 3 N–H and O–H groups in total. The SMILES string of the molecule is Cc1cccc(CNC(=O)C(=O)Nc2ccccc2C(=O)NCc2ccco2)c1. The van der Waals surface area contributed by atoms with E-state index < -0.39 is 17.7 Å². The largest absolute Gasteiger partial charge is 0.467 e. The van der Waals surface area contributed by atoms with Crippen LogP contribution >= 0.6 is 0 Å². The summed E-state index contributed by atoms with van der Waals surface area (Å²) in [5.41, 5.74) is 2.46. The molecule has 3 amide bonds. The Morgan fingerprint density at radius 3 is 2.45 bits per heavy atom. The summed E-state index contributed by atoms with van der Waals surface area (Å²) in [6.45, 7) is 2.40. The first kappa shape index (κ1) is 19.9. The first-order valence-corrected chi connectivity index (χ1v) is 9.07. The first-order chi connectivity index (χ1) is 14.0. The van der Waals surface area contributed by atoms with E-state index in [0.717, 1.165) is 11.1 Å². The van der Waals surface area contributed by atoms with Gasteiger partial charge in [0.25, 0.3) is 5.91 Å². The highest BCUT2D eigenvalue weighted by Gasteiger charge is 2.17. The highest BCUT2D eigenvalue weighted by Crippen LogP contribution is 2.15. The molecule has 0 bridgehead atoms. The lowest BCUT2D eigenvalue weighted by Crippen LogP contribution is -2.35. The Morgan fingerprint density at radius 1 is 0.862 bits per heavy atom. The molecule has 0 saturated carbocycles. The average molecular weight is 391 g/mol. The molecule has 29 heavy (non-hydrogen) atoms. The van der Waals surface area contributed by atoms with Gasteiger partial charge in [-0.3, -0.25) is 14.4 Å². The fourth-order valence-corrected chi connectivity index (χ4v) is 2.73. The summed E-state index contributed by atoms with van der Waals surface area (Å²) in [7, 11) is 0. The number of anilines is 1. The molecular formula is C22H21N3O4. The van der Waals surface area contributed by atoms with E-state index in [2.05, 4.69) is 16.0 Å². The lowest BCUT2D eigenvalue weighted by molar-refractivity contribution is -0.136. The Kier molecular flexibility index (Phi) is 6.42. The third-order valence-electron chi connectivity index (χ3n) is 4.16. The molecule has 0 aliphatic heterocycles. The number of amides is 3. The summed E-state index contributed by atoms with van der Waals surface area (Å²) < 4.78 is 5.18. The van der Waals surface area contributed by atoms with Gasteiger partial charge in [0.15, 0.2) is 0 Å². The number of carbonyl (C=O) groups is 3. The van der Waals surface area contributed by atoms with E-state index in [0.29, 0.717) is 5.76 Å². The van der Waals surface area contributed by atoms with E-state index in [1.54, 1.807) is 36.4 Å². The molecule has 0 spiro atoms. The van der Waals surface area contributed by atoms with Crippen LogP contribution in [0.3, 0.4) is 0 Å². The van der Waals surface area contributed by atoms with Crippen molar-refractivity contribution in [2.24, 2.45) is 0 Å². The summed E-state index contributed by atoms with van der Waals surface area (Å²) in [6, 6.07) is 17.6. The molecule has 7 heteroatoms. The van der Waals surface area contributed by atoms with Crippen LogP contribution in [0.25, 0.3) is 0 Å². The maximum Gasteiger partial charge on any atom is 0.313 e. The van der Waals surface area contributed by atoms with Crippen molar-refractivity contribution in [2.45, 2.75) is 20.0 Å². The van der Waals surface area contributed by atoms with Crippen molar-refractivity contribution in [1.29, 1.82) is 0 Å². The molecule has 2 aromatic carbocycles. The van der Waals surface area contributed by atoms with E-state index in [1.807, 2.05) is 31.2 Å². The van der Waals surface area contributed by atoms with Gasteiger partial charge < -0.3 is 20.4 Å². The van der Waals surface area contributed by atoms with Gasteiger partial charge in [-0.2, -0.15) is 0 Å². The number of carbonyl (C=O) groups excluding carboxylic acids is 3. The van der Waals surface area contributed by atoms with Crippen molar-refractivity contribution in [3.05, 3.63) is 89.4 Å². The smallest absolute Gasteiger partial charge is 0.313 e. The van der Waals surface area contributed by atoms with Crippen molar-refractivity contribution in [3.8, 4) is 0 Å². The Hall–Kier alpha value is -3.87. The van der Waals surface area contributed by atoms with Crippen molar-refractivity contribution < 1.29 is 18.8 Å². The van der Waals surface area contributed by atoms with E-state index in [-0.39, 0.29) is 24.3 Å². The second-order valence-electron chi connectivity index (χ2n) is 6.43. The molecule has 3 rings (SSSR count). The molecule has 148 valence electrons. The standard InChI is InChI=1S/C22H21N3O4/c1-15-6-4-7-16(12-15)13-23-21(27)22(28)25-19-10-3-2-9-18(19)20(26)24-14-17-8-5-11-29-17/h2-12H,13-14H2,1H3,(H,23,27)(H,24,26)(H,25,28). The summed E-state index contributed by atoms with van der Waals surface area (Å²) in [5.74, 6) is -1.41. The molecule has 0 unspecified atom stereocenters. The number of rotatable bonds is 6. The van der Waals surface area contributed by atoms with Gasteiger partial charge in [0.05, 0.1) is 24.1 Å². The molecule has 1 aromatic heterocycles. The lowest BCUT2D eigenvalue weighted by Gasteiger charge is -2.11. The minimum absolute atomic E-state index is 0.213. The highest BCUT2D eigenvalue weighted by molar-refractivity contribution is 6.40. The third kappa shape index (κ3) is 5.55. The highest BCUT2D eigenvalue weighted by atomic mass is 16.3. The van der Waals surface area contributed by atoms with E-state index in [4.69, 9.17) is 4.42 Å². The van der Waals surface area contributed by atoms with Crippen LogP contribution in [-0.2, 0) is 22.7 Å². The topological polar surface area (TPSA) is 100 Å². The minimum Gasteiger partial charge on any atom is -0.467 e. The Morgan fingerprint density at radius 2 is 1.69 bits per heavy atom. The van der Waals surface area contributed by atoms with Crippen molar-refractivity contribution in [1.82, 2.24) is 10.6 Å². The van der Waals surface area contributed by atoms with Crippen LogP contribution in [0.15, 0.2) is 71.3 Å². The molecule has 1 heterocycles. The third-order valence-corrected chi connectivity index (χ3v) is 4.16. The molecule has 0 atom stereocenters. The number of benzene rings is 2. The Balaban J connectivity index is 1.59. The molecule has 0 aliphatic carbocycles. The molecule has 0 fully saturated rings. The van der Waals surface area contributed by atoms with Crippen LogP contribution < -0.4 is 16.0 Å². The van der Waals surface area contributed by atoms with E-state index >= 15 is 0 Å². The normalized spacial score (nSPS) is 10.2. The predicted octanol–water partition coefficient (Wildman–Crippen LogP) is 2.77. The fourth-order valence-electron chi connectivity index (χ4n) is 2.73. The first-order valence-electron chi connectivity index (χ1n) is 9.07.